The number of phenolic OH excluding ortho intramolecular Hbond substituents is 2. The number of aromatic hydroxyl groups is 2. The monoisotopic (exact) mass is 462 g/mol. The van der Waals surface area contributed by atoms with Gasteiger partial charge in [-0.05, 0) is 18.2 Å². The Labute approximate surface area is 186 Å². The van der Waals surface area contributed by atoms with E-state index in [1.165, 1.54) is 37.4 Å². The summed E-state index contributed by atoms with van der Waals surface area (Å²) in [6.45, 7) is -0.637. The van der Waals surface area contributed by atoms with Gasteiger partial charge in [-0.3, -0.25) is 4.79 Å². The van der Waals surface area contributed by atoms with Crippen LogP contribution in [0.3, 0.4) is 0 Å². The van der Waals surface area contributed by atoms with Crippen LogP contribution in [0.25, 0.3) is 22.3 Å². The maximum Gasteiger partial charge on any atom is 0.229 e. The summed E-state index contributed by atoms with van der Waals surface area (Å²) in [5.74, 6) is -0.353. The van der Waals surface area contributed by atoms with E-state index in [4.69, 9.17) is 18.6 Å². The molecule has 1 aliphatic rings. The van der Waals surface area contributed by atoms with E-state index in [1.807, 2.05) is 0 Å². The number of rotatable bonds is 5. The van der Waals surface area contributed by atoms with Crippen molar-refractivity contribution in [3.05, 3.63) is 46.6 Å². The molecule has 0 spiro atoms. The largest absolute Gasteiger partial charge is 0.507 e. The van der Waals surface area contributed by atoms with Crippen molar-refractivity contribution in [1.82, 2.24) is 0 Å². The number of hydrogen-bond donors (Lipinski definition) is 6. The molecule has 2 aromatic carbocycles. The molecular formula is C22H22O11. The van der Waals surface area contributed by atoms with E-state index in [0.717, 1.165) is 6.07 Å². The Kier molecular flexibility index (Phi) is 6.15. The molecule has 2 heterocycles. The SMILES string of the molecule is COc1cc(-c2cc(=O)c3c(O)cc(O[C@@H]4O[C@@H](CO)[C@@H](O)[C@H](O)[C@H]4O)cc3o2)ccc1O. The first-order valence-corrected chi connectivity index (χ1v) is 9.89. The summed E-state index contributed by atoms with van der Waals surface area (Å²) in [7, 11) is 1.37. The molecule has 5 atom stereocenters. The highest BCUT2D eigenvalue weighted by atomic mass is 16.7. The molecule has 1 fully saturated rings. The number of phenols is 2. The van der Waals surface area contributed by atoms with Gasteiger partial charge in [0.05, 0.1) is 13.7 Å². The molecule has 0 saturated carbocycles. The summed E-state index contributed by atoms with van der Waals surface area (Å²) in [5.41, 5.74) is -0.178. The normalized spacial score (nSPS) is 25.2. The highest BCUT2D eigenvalue weighted by molar-refractivity contribution is 5.86. The molecule has 0 radical (unpaired) electrons. The lowest BCUT2D eigenvalue weighted by Crippen LogP contribution is -2.60. The van der Waals surface area contributed by atoms with E-state index in [-0.39, 0.29) is 34.0 Å². The fraction of sp³-hybridized carbons (Fsp3) is 0.318. The molecule has 176 valence electrons. The number of benzene rings is 2. The molecule has 3 aromatic rings. The molecular weight excluding hydrogens is 440 g/mol. The molecule has 0 bridgehead atoms. The van der Waals surface area contributed by atoms with E-state index in [0.29, 0.717) is 5.56 Å². The predicted octanol–water partition coefficient (Wildman–Crippen LogP) is 0.0585. The molecule has 0 aliphatic carbocycles. The average molecular weight is 462 g/mol. The number of methoxy groups -OCH3 is 1. The average Bonchev–Trinajstić information content (AvgIpc) is 2.79. The van der Waals surface area contributed by atoms with Crippen molar-refractivity contribution in [2.45, 2.75) is 30.7 Å². The second-order valence-corrected chi connectivity index (χ2v) is 7.49. The van der Waals surface area contributed by atoms with Gasteiger partial charge in [-0.1, -0.05) is 0 Å². The van der Waals surface area contributed by atoms with Crippen LogP contribution in [0.15, 0.2) is 45.6 Å². The van der Waals surface area contributed by atoms with E-state index < -0.39 is 48.5 Å². The number of ether oxygens (including phenoxy) is 3. The van der Waals surface area contributed by atoms with E-state index in [1.54, 1.807) is 0 Å². The molecule has 4 rings (SSSR count). The van der Waals surface area contributed by atoms with Crippen molar-refractivity contribution >= 4 is 11.0 Å². The minimum Gasteiger partial charge on any atom is -0.507 e. The number of hydrogen-bond acceptors (Lipinski definition) is 11. The van der Waals surface area contributed by atoms with Gasteiger partial charge in [-0.25, -0.2) is 0 Å². The van der Waals surface area contributed by atoms with Crippen LogP contribution in [0.1, 0.15) is 0 Å². The molecule has 6 N–H and O–H groups in total. The first-order valence-electron chi connectivity index (χ1n) is 9.89. The molecule has 0 amide bonds. The predicted molar refractivity (Wildman–Crippen MR) is 112 cm³/mol. The molecule has 33 heavy (non-hydrogen) atoms. The van der Waals surface area contributed by atoms with Crippen LogP contribution in [-0.4, -0.2) is 75.1 Å². The zero-order valence-electron chi connectivity index (χ0n) is 17.3. The fourth-order valence-corrected chi connectivity index (χ4v) is 3.58. The Morgan fingerprint density at radius 3 is 2.42 bits per heavy atom. The van der Waals surface area contributed by atoms with Gasteiger partial charge in [0.2, 0.25) is 6.29 Å². The standard InChI is InChI=1S/C22H22O11/c1-30-15-4-9(2-3-11(15)24)14-7-13(26)18-12(25)5-10(6-16(18)32-14)31-22-21(29)20(28)19(27)17(8-23)33-22/h2-7,17,19-25,27-29H,8H2,1H3/t17-,19+,20-,21+,22+/m0/s1. The summed E-state index contributed by atoms with van der Waals surface area (Å²) < 4.78 is 21.7. The van der Waals surface area contributed by atoms with Crippen LogP contribution in [-0.2, 0) is 4.74 Å². The van der Waals surface area contributed by atoms with Crippen molar-refractivity contribution < 1.29 is 49.3 Å². The maximum absolute atomic E-state index is 12.6. The quantitative estimate of drug-likeness (QED) is 0.302. The highest BCUT2D eigenvalue weighted by Gasteiger charge is 2.44. The summed E-state index contributed by atoms with van der Waals surface area (Å²) >= 11 is 0. The molecule has 11 nitrogen and oxygen atoms in total. The Bertz CT molecular complexity index is 1220. The number of aliphatic hydroxyl groups excluding tert-OH is 4. The first-order chi connectivity index (χ1) is 15.7. The van der Waals surface area contributed by atoms with E-state index in [2.05, 4.69) is 0 Å². The van der Waals surface area contributed by atoms with Crippen LogP contribution in [0.4, 0.5) is 0 Å². The summed E-state index contributed by atoms with van der Waals surface area (Å²) in [6, 6.07) is 7.90. The molecule has 1 aliphatic heterocycles. The number of aliphatic hydroxyl groups is 4. The Morgan fingerprint density at radius 1 is 0.970 bits per heavy atom. The number of fused-ring (bicyclic) bond motifs is 1. The van der Waals surface area contributed by atoms with Crippen LogP contribution in [0, 0.1) is 0 Å². The lowest BCUT2D eigenvalue weighted by molar-refractivity contribution is -0.277. The van der Waals surface area contributed by atoms with E-state index >= 15 is 0 Å². The van der Waals surface area contributed by atoms with Gasteiger partial charge in [0.1, 0.15) is 52.6 Å². The van der Waals surface area contributed by atoms with Gasteiger partial charge in [-0.15, -0.1) is 0 Å². The van der Waals surface area contributed by atoms with Crippen LogP contribution in [0.5, 0.6) is 23.0 Å². The van der Waals surface area contributed by atoms with Crippen molar-refractivity contribution in [1.29, 1.82) is 0 Å². The third-order valence-electron chi connectivity index (χ3n) is 5.35. The second kappa shape index (κ2) is 8.89. The van der Waals surface area contributed by atoms with Gasteiger partial charge in [0.15, 0.2) is 16.9 Å². The van der Waals surface area contributed by atoms with Gasteiger partial charge in [-0.2, -0.15) is 0 Å². The zero-order chi connectivity index (χ0) is 23.9. The van der Waals surface area contributed by atoms with Gasteiger partial charge < -0.3 is 49.3 Å². The summed E-state index contributed by atoms with van der Waals surface area (Å²) in [6.07, 6.45) is -7.55. The van der Waals surface area contributed by atoms with Gasteiger partial charge in [0, 0.05) is 23.8 Å². The lowest BCUT2D eigenvalue weighted by atomic mass is 9.99. The Balaban J connectivity index is 1.72. The van der Waals surface area contributed by atoms with Crippen LogP contribution >= 0.6 is 0 Å². The van der Waals surface area contributed by atoms with Crippen LogP contribution < -0.4 is 14.9 Å². The van der Waals surface area contributed by atoms with Crippen molar-refractivity contribution in [3.63, 3.8) is 0 Å². The first kappa shape index (κ1) is 22.8. The van der Waals surface area contributed by atoms with Gasteiger partial charge >= 0.3 is 0 Å². The summed E-state index contributed by atoms with van der Waals surface area (Å²) in [4.78, 5) is 12.6. The lowest BCUT2D eigenvalue weighted by Gasteiger charge is -2.39. The van der Waals surface area contributed by atoms with E-state index in [9.17, 15) is 35.4 Å². The molecule has 0 unspecified atom stereocenters. The minimum atomic E-state index is -1.66. The molecule has 1 saturated heterocycles. The third kappa shape index (κ3) is 4.19. The minimum absolute atomic E-state index is 0.0517. The van der Waals surface area contributed by atoms with Crippen LogP contribution in [0.2, 0.25) is 0 Å². The zero-order valence-corrected chi connectivity index (χ0v) is 17.3. The second-order valence-electron chi connectivity index (χ2n) is 7.49. The summed E-state index contributed by atoms with van der Waals surface area (Å²) in [5, 5.41) is 59.3. The Morgan fingerprint density at radius 2 is 1.73 bits per heavy atom. The van der Waals surface area contributed by atoms with Crippen molar-refractivity contribution in [2.24, 2.45) is 0 Å². The highest BCUT2D eigenvalue weighted by Crippen LogP contribution is 2.35. The Hall–Kier alpha value is -3.35. The topological polar surface area (TPSA) is 179 Å². The van der Waals surface area contributed by atoms with Gasteiger partial charge in [0.25, 0.3) is 0 Å². The molecule has 1 aromatic heterocycles. The van der Waals surface area contributed by atoms with Crippen molar-refractivity contribution in [2.75, 3.05) is 13.7 Å². The molecule has 11 heteroatoms. The maximum atomic E-state index is 12.6. The fourth-order valence-electron chi connectivity index (χ4n) is 3.58. The van der Waals surface area contributed by atoms with Crippen molar-refractivity contribution in [3.8, 4) is 34.3 Å². The smallest absolute Gasteiger partial charge is 0.229 e. The third-order valence-corrected chi connectivity index (χ3v) is 5.35.